The van der Waals surface area contributed by atoms with Crippen LogP contribution in [-0.4, -0.2) is 39.7 Å². The number of nitrogens with zero attached hydrogens (tertiary/aromatic N) is 3. The van der Waals surface area contributed by atoms with Gasteiger partial charge in [-0.05, 0) is 42.5 Å². The van der Waals surface area contributed by atoms with E-state index in [-0.39, 0.29) is 9.79 Å². The molecule has 1 saturated heterocycles. The lowest BCUT2D eigenvalue weighted by Crippen LogP contribution is -2.37. The van der Waals surface area contributed by atoms with Crippen molar-refractivity contribution in [3.8, 4) is 6.07 Å². The van der Waals surface area contributed by atoms with E-state index < -0.39 is 15.7 Å². The Morgan fingerprint density at radius 1 is 1.11 bits per heavy atom. The summed E-state index contributed by atoms with van der Waals surface area (Å²) in [5.74, 6) is -0.461. The molecule has 1 aliphatic rings. The van der Waals surface area contributed by atoms with Gasteiger partial charge in [0.25, 0.3) is 0 Å². The zero-order valence-corrected chi connectivity index (χ0v) is 15.6. The molecule has 2 heterocycles. The lowest BCUT2D eigenvalue weighted by atomic mass is 10.1. The van der Waals surface area contributed by atoms with E-state index >= 15 is 0 Å². The predicted octanol–water partition coefficient (Wildman–Crippen LogP) is 2.91. The maximum absolute atomic E-state index is 14.0. The lowest BCUT2D eigenvalue weighted by molar-refractivity contribution is 0.122. The largest absolute Gasteiger partial charge is 0.378 e. The van der Waals surface area contributed by atoms with Crippen molar-refractivity contribution in [2.24, 2.45) is 0 Å². The van der Waals surface area contributed by atoms with Crippen LogP contribution in [0.2, 0.25) is 0 Å². The highest BCUT2D eigenvalue weighted by molar-refractivity contribution is 7.91. The molecule has 0 unspecified atom stereocenters. The second-order valence-electron chi connectivity index (χ2n) is 6.37. The molecule has 1 aromatic heterocycles. The number of rotatable bonds is 3. The molecular formula is C20H16FN3O3S. The Morgan fingerprint density at radius 3 is 2.50 bits per heavy atom. The zero-order valence-electron chi connectivity index (χ0n) is 14.8. The van der Waals surface area contributed by atoms with Crippen LogP contribution in [0.3, 0.4) is 0 Å². The summed E-state index contributed by atoms with van der Waals surface area (Å²) in [5, 5.41) is 9.38. The fourth-order valence-corrected chi connectivity index (χ4v) is 4.71. The Morgan fingerprint density at radius 2 is 1.82 bits per heavy atom. The average Bonchev–Trinajstić information content (AvgIpc) is 2.73. The number of halogens is 1. The summed E-state index contributed by atoms with van der Waals surface area (Å²) in [7, 11) is -3.93. The Bertz CT molecular complexity index is 1180. The van der Waals surface area contributed by atoms with E-state index in [1.165, 1.54) is 48.7 Å². The minimum atomic E-state index is -3.93. The topological polar surface area (TPSA) is 83.3 Å². The maximum Gasteiger partial charge on any atom is 0.210 e. The normalized spacial score (nSPS) is 14.8. The highest BCUT2D eigenvalue weighted by Crippen LogP contribution is 2.36. The van der Waals surface area contributed by atoms with Crippen LogP contribution in [0, 0.1) is 17.1 Å². The molecule has 1 fully saturated rings. The number of pyridine rings is 1. The van der Waals surface area contributed by atoms with Gasteiger partial charge in [-0.3, -0.25) is 4.98 Å². The van der Waals surface area contributed by atoms with Gasteiger partial charge in [0.2, 0.25) is 9.84 Å². The highest BCUT2D eigenvalue weighted by Gasteiger charge is 2.28. The van der Waals surface area contributed by atoms with Gasteiger partial charge in [-0.1, -0.05) is 0 Å². The van der Waals surface area contributed by atoms with Crippen molar-refractivity contribution in [2.45, 2.75) is 9.79 Å². The number of hydrogen-bond donors (Lipinski definition) is 0. The molecule has 0 amide bonds. The van der Waals surface area contributed by atoms with E-state index in [9.17, 15) is 12.8 Å². The van der Waals surface area contributed by atoms with Crippen molar-refractivity contribution >= 4 is 26.4 Å². The number of hydrogen-bond acceptors (Lipinski definition) is 6. The molecule has 3 aromatic rings. The summed E-state index contributed by atoms with van der Waals surface area (Å²) in [6.07, 6.45) is 1.32. The fourth-order valence-electron chi connectivity index (χ4n) is 3.28. The molecule has 0 aliphatic carbocycles. The maximum atomic E-state index is 14.0. The van der Waals surface area contributed by atoms with Crippen molar-refractivity contribution in [1.29, 1.82) is 5.26 Å². The fraction of sp³-hybridized carbons (Fsp3) is 0.200. The van der Waals surface area contributed by atoms with Gasteiger partial charge in [-0.25, -0.2) is 12.8 Å². The molecule has 142 valence electrons. The molecule has 0 saturated carbocycles. The molecule has 0 N–H and O–H groups in total. The van der Waals surface area contributed by atoms with Crippen molar-refractivity contribution in [3.05, 3.63) is 60.0 Å². The molecule has 0 atom stereocenters. The number of morpholine rings is 1. The van der Waals surface area contributed by atoms with E-state index in [1.54, 1.807) is 0 Å². The number of aromatic nitrogens is 1. The van der Waals surface area contributed by atoms with Crippen molar-refractivity contribution in [3.63, 3.8) is 0 Å². The number of benzene rings is 2. The van der Waals surface area contributed by atoms with Crippen LogP contribution >= 0.6 is 0 Å². The first-order valence-electron chi connectivity index (χ1n) is 8.67. The third-order valence-corrected chi connectivity index (χ3v) is 6.45. The van der Waals surface area contributed by atoms with Crippen molar-refractivity contribution in [1.82, 2.24) is 4.98 Å². The van der Waals surface area contributed by atoms with Crippen LogP contribution in [0.1, 0.15) is 5.56 Å². The second-order valence-corrected chi connectivity index (χ2v) is 8.29. The number of sulfone groups is 1. The van der Waals surface area contributed by atoms with Crippen LogP contribution in [0.15, 0.2) is 58.5 Å². The molecule has 0 radical (unpaired) electrons. The lowest BCUT2D eigenvalue weighted by Gasteiger charge is -2.31. The van der Waals surface area contributed by atoms with Gasteiger partial charge in [0, 0.05) is 24.7 Å². The summed E-state index contributed by atoms with van der Waals surface area (Å²) < 4.78 is 46.1. The zero-order chi connectivity index (χ0) is 19.7. The summed E-state index contributed by atoms with van der Waals surface area (Å²) in [6, 6.07) is 11.8. The first kappa shape index (κ1) is 18.3. The SMILES string of the molecule is N#Cc1ccc(S(=O)(=O)c2cnc3ccc(F)cc3c2N2CCOCC2)cc1. The molecule has 6 nitrogen and oxygen atoms in total. The predicted molar refractivity (Wildman–Crippen MR) is 101 cm³/mol. The van der Waals surface area contributed by atoms with Crippen LogP contribution in [-0.2, 0) is 14.6 Å². The third kappa shape index (κ3) is 3.19. The van der Waals surface area contributed by atoms with Crippen molar-refractivity contribution < 1.29 is 17.5 Å². The Labute approximate surface area is 161 Å². The molecule has 2 aromatic carbocycles. The van der Waals surface area contributed by atoms with Gasteiger partial charge in [0.05, 0.1) is 40.9 Å². The highest BCUT2D eigenvalue weighted by atomic mass is 32.2. The van der Waals surface area contributed by atoms with Gasteiger partial charge in [-0.2, -0.15) is 5.26 Å². The first-order valence-corrected chi connectivity index (χ1v) is 10.2. The molecule has 8 heteroatoms. The standard InChI is InChI=1S/C20H16FN3O3S/c21-15-3-6-18-17(11-15)20(24-7-9-27-10-8-24)19(13-23-18)28(25,26)16-4-1-14(12-22)2-5-16/h1-6,11,13H,7-10H2. The molecule has 0 bridgehead atoms. The van der Waals surface area contributed by atoms with Gasteiger partial charge >= 0.3 is 0 Å². The van der Waals surface area contributed by atoms with Gasteiger partial charge < -0.3 is 9.64 Å². The number of fused-ring (bicyclic) bond motifs is 1. The van der Waals surface area contributed by atoms with E-state index in [4.69, 9.17) is 10.00 Å². The number of anilines is 1. The van der Waals surface area contributed by atoms with Gasteiger partial charge in [0.15, 0.2) is 0 Å². The van der Waals surface area contributed by atoms with Crippen molar-refractivity contribution in [2.75, 3.05) is 31.2 Å². The number of nitriles is 1. The summed E-state index contributed by atoms with van der Waals surface area (Å²) in [4.78, 5) is 6.21. The van der Waals surface area contributed by atoms with Crippen LogP contribution in [0.25, 0.3) is 10.9 Å². The number of ether oxygens (including phenoxy) is 1. The van der Waals surface area contributed by atoms with Crippen LogP contribution in [0.4, 0.5) is 10.1 Å². The monoisotopic (exact) mass is 397 g/mol. The Kier molecular flexibility index (Phi) is 4.71. The smallest absolute Gasteiger partial charge is 0.210 e. The van der Waals surface area contributed by atoms with E-state index in [0.717, 1.165) is 0 Å². The molecular weight excluding hydrogens is 381 g/mol. The average molecular weight is 397 g/mol. The van der Waals surface area contributed by atoms with Gasteiger partial charge in [0.1, 0.15) is 10.7 Å². The molecule has 28 heavy (non-hydrogen) atoms. The third-order valence-electron chi connectivity index (χ3n) is 4.68. The quantitative estimate of drug-likeness (QED) is 0.676. The van der Waals surface area contributed by atoms with Crippen LogP contribution in [0.5, 0.6) is 0 Å². The Hall–Kier alpha value is -3.02. The van der Waals surface area contributed by atoms with Gasteiger partial charge in [-0.15, -0.1) is 0 Å². The second kappa shape index (κ2) is 7.19. The Balaban J connectivity index is 1.96. The van der Waals surface area contributed by atoms with Crippen LogP contribution < -0.4 is 4.90 Å². The van der Waals surface area contributed by atoms with E-state index in [0.29, 0.717) is 48.5 Å². The minimum absolute atomic E-state index is 0.0113. The van der Waals surface area contributed by atoms with E-state index in [2.05, 4.69) is 4.98 Å². The summed E-state index contributed by atoms with van der Waals surface area (Å²) >= 11 is 0. The summed E-state index contributed by atoms with van der Waals surface area (Å²) in [5.41, 5.74) is 1.31. The minimum Gasteiger partial charge on any atom is -0.378 e. The molecule has 0 spiro atoms. The molecule has 1 aliphatic heterocycles. The summed E-state index contributed by atoms with van der Waals surface area (Å²) in [6.45, 7) is 1.89. The van der Waals surface area contributed by atoms with E-state index in [1.807, 2.05) is 11.0 Å². The molecule has 4 rings (SSSR count). The first-order chi connectivity index (χ1) is 13.5.